The van der Waals surface area contributed by atoms with Gasteiger partial charge in [0.2, 0.25) is 0 Å². The lowest BCUT2D eigenvalue weighted by Gasteiger charge is -2.17. The second kappa shape index (κ2) is 5.79. The van der Waals surface area contributed by atoms with Crippen LogP contribution in [0.5, 0.6) is 0 Å². The molecule has 0 radical (unpaired) electrons. The molecule has 7 heteroatoms. The number of halogens is 3. The molecule has 20 heavy (non-hydrogen) atoms. The van der Waals surface area contributed by atoms with Crippen LogP contribution in [-0.4, -0.2) is 10.1 Å². The summed E-state index contributed by atoms with van der Waals surface area (Å²) in [5.74, 6) is 0.580. The maximum Gasteiger partial charge on any atom is 0.259 e. The minimum Gasteiger partial charge on any atom is -0.334 e. The van der Waals surface area contributed by atoms with Gasteiger partial charge in [0.15, 0.2) is 5.82 Å². The van der Waals surface area contributed by atoms with Crippen LogP contribution in [0, 0.1) is 5.82 Å². The fraction of sp³-hybridized carbons (Fsp3) is 0.385. The minimum atomic E-state index is -0.478. The van der Waals surface area contributed by atoms with E-state index in [1.54, 1.807) is 6.07 Å². The molecule has 0 aliphatic heterocycles. The molecule has 2 N–H and O–H groups in total. The molecule has 0 bridgehead atoms. The summed E-state index contributed by atoms with van der Waals surface area (Å²) in [6, 6.07) is 4.33. The average Bonchev–Trinajstić information content (AvgIpc) is 2.99. The zero-order chi connectivity index (χ0) is 13.5. The van der Waals surface area contributed by atoms with Crippen molar-refractivity contribution in [2.75, 3.05) is 0 Å². The molecule has 0 unspecified atom stereocenters. The van der Waals surface area contributed by atoms with Gasteiger partial charge in [-0.15, -0.1) is 12.4 Å². The quantitative estimate of drug-likeness (QED) is 0.883. The molecule has 1 fully saturated rings. The molecule has 1 saturated carbocycles. The molecular formula is C13H14BrClFN3O. The van der Waals surface area contributed by atoms with Crippen molar-refractivity contribution >= 4 is 28.3 Å². The molecule has 0 atom stereocenters. The lowest BCUT2D eigenvalue weighted by molar-refractivity contribution is 0.372. The largest absolute Gasteiger partial charge is 0.334 e. The van der Waals surface area contributed by atoms with Gasteiger partial charge in [-0.1, -0.05) is 18.0 Å². The summed E-state index contributed by atoms with van der Waals surface area (Å²) >= 11 is 3.29. The topological polar surface area (TPSA) is 64.9 Å². The monoisotopic (exact) mass is 361 g/mol. The van der Waals surface area contributed by atoms with Gasteiger partial charge in [-0.25, -0.2) is 4.39 Å². The Hall–Kier alpha value is -0.980. The first-order chi connectivity index (χ1) is 9.08. The normalized spacial score (nSPS) is 16.9. The number of nitrogens with two attached hydrogens (primary N) is 1. The van der Waals surface area contributed by atoms with Gasteiger partial charge in [0.05, 0.1) is 11.1 Å². The summed E-state index contributed by atoms with van der Waals surface area (Å²) in [4.78, 5) is 4.37. The third kappa shape index (κ3) is 2.73. The van der Waals surface area contributed by atoms with Crippen molar-refractivity contribution in [3.05, 3.63) is 34.3 Å². The van der Waals surface area contributed by atoms with E-state index >= 15 is 0 Å². The summed E-state index contributed by atoms with van der Waals surface area (Å²) in [7, 11) is 0. The predicted molar refractivity (Wildman–Crippen MR) is 79.0 cm³/mol. The first-order valence-corrected chi connectivity index (χ1v) is 6.96. The summed E-state index contributed by atoms with van der Waals surface area (Å²) in [5, 5.41) is 3.98. The standard InChI is InChI=1S/C13H13BrFN3O.ClH/c14-10-7-8(15)3-4-9(10)11-17-12(18-19-11)13(16)5-1-2-6-13;/h3-4,7H,1-2,5-6,16H2;1H. The fourth-order valence-corrected chi connectivity index (χ4v) is 2.95. The molecule has 0 spiro atoms. The van der Waals surface area contributed by atoms with E-state index in [1.807, 2.05) is 0 Å². The van der Waals surface area contributed by atoms with Gasteiger partial charge in [-0.2, -0.15) is 4.98 Å². The van der Waals surface area contributed by atoms with Crippen LogP contribution in [0.3, 0.4) is 0 Å². The van der Waals surface area contributed by atoms with Gasteiger partial charge in [0, 0.05) is 4.47 Å². The van der Waals surface area contributed by atoms with E-state index in [2.05, 4.69) is 26.1 Å². The molecule has 1 aliphatic carbocycles. The lowest BCUT2D eigenvalue weighted by Crippen LogP contribution is -2.34. The Morgan fingerprint density at radius 2 is 2.00 bits per heavy atom. The SMILES string of the molecule is Cl.NC1(c2noc(-c3ccc(F)cc3Br)n2)CCCC1. The highest BCUT2D eigenvalue weighted by Gasteiger charge is 2.36. The van der Waals surface area contributed by atoms with Gasteiger partial charge < -0.3 is 10.3 Å². The van der Waals surface area contributed by atoms with Crippen LogP contribution in [0.2, 0.25) is 0 Å². The molecule has 1 heterocycles. The third-order valence-electron chi connectivity index (χ3n) is 3.53. The number of aromatic nitrogens is 2. The Bertz CT molecular complexity index is 613. The smallest absolute Gasteiger partial charge is 0.259 e. The van der Waals surface area contributed by atoms with Crippen molar-refractivity contribution in [2.45, 2.75) is 31.2 Å². The predicted octanol–water partition coefficient (Wildman–Crippen LogP) is 3.79. The molecule has 108 valence electrons. The Morgan fingerprint density at radius 3 is 2.65 bits per heavy atom. The van der Waals surface area contributed by atoms with Crippen LogP contribution in [0.1, 0.15) is 31.5 Å². The molecular weight excluding hydrogens is 349 g/mol. The molecule has 0 saturated heterocycles. The fourth-order valence-electron chi connectivity index (χ4n) is 2.43. The van der Waals surface area contributed by atoms with E-state index in [-0.39, 0.29) is 18.2 Å². The molecule has 2 aromatic rings. The average molecular weight is 363 g/mol. The Morgan fingerprint density at radius 1 is 1.30 bits per heavy atom. The van der Waals surface area contributed by atoms with Crippen LogP contribution >= 0.6 is 28.3 Å². The zero-order valence-corrected chi connectivity index (χ0v) is 13.0. The highest BCUT2D eigenvalue weighted by atomic mass is 79.9. The van der Waals surface area contributed by atoms with E-state index in [4.69, 9.17) is 10.3 Å². The molecule has 4 nitrogen and oxygen atoms in total. The lowest BCUT2D eigenvalue weighted by atomic mass is 9.99. The van der Waals surface area contributed by atoms with Crippen molar-refractivity contribution in [1.29, 1.82) is 0 Å². The second-order valence-electron chi connectivity index (χ2n) is 4.91. The molecule has 0 amide bonds. The summed E-state index contributed by atoms with van der Waals surface area (Å²) < 4.78 is 18.9. The molecule has 1 aromatic carbocycles. The van der Waals surface area contributed by atoms with Gasteiger partial charge in [-0.3, -0.25) is 0 Å². The van der Waals surface area contributed by atoms with E-state index < -0.39 is 5.54 Å². The van der Waals surface area contributed by atoms with Crippen molar-refractivity contribution in [3.63, 3.8) is 0 Å². The van der Waals surface area contributed by atoms with Crippen LogP contribution in [-0.2, 0) is 5.54 Å². The maximum absolute atomic E-state index is 13.1. The Balaban J connectivity index is 0.00000147. The summed E-state index contributed by atoms with van der Waals surface area (Å²) in [6.45, 7) is 0. The molecule has 1 aliphatic rings. The minimum absolute atomic E-state index is 0. The van der Waals surface area contributed by atoms with Gasteiger partial charge in [0.1, 0.15) is 5.82 Å². The van der Waals surface area contributed by atoms with Crippen LogP contribution in [0.4, 0.5) is 4.39 Å². The number of benzene rings is 1. The van der Waals surface area contributed by atoms with E-state index in [9.17, 15) is 4.39 Å². The number of hydrogen-bond donors (Lipinski definition) is 1. The summed E-state index contributed by atoms with van der Waals surface area (Å²) in [6.07, 6.45) is 3.91. The van der Waals surface area contributed by atoms with E-state index in [0.717, 1.165) is 25.7 Å². The van der Waals surface area contributed by atoms with Crippen molar-refractivity contribution in [3.8, 4) is 11.5 Å². The van der Waals surface area contributed by atoms with Crippen molar-refractivity contribution < 1.29 is 8.91 Å². The first-order valence-electron chi connectivity index (χ1n) is 6.17. The number of hydrogen-bond acceptors (Lipinski definition) is 4. The van der Waals surface area contributed by atoms with E-state index in [0.29, 0.717) is 21.8 Å². The Kier molecular flexibility index (Phi) is 4.46. The number of nitrogens with zero attached hydrogens (tertiary/aromatic N) is 2. The molecule has 1 aromatic heterocycles. The van der Waals surface area contributed by atoms with Crippen LogP contribution in [0.15, 0.2) is 27.2 Å². The second-order valence-corrected chi connectivity index (χ2v) is 5.76. The van der Waals surface area contributed by atoms with Crippen LogP contribution in [0.25, 0.3) is 11.5 Å². The molecule has 3 rings (SSSR count). The zero-order valence-electron chi connectivity index (χ0n) is 10.6. The van der Waals surface area contributed by atoms with Crippen molar-refractivity contribution in [2.24, 2.45) is 5.73 Å². The Labute approximate surface area is 130 Å². The highest BCUT2D eigenvalue weighted by Crippen LogP contribution is 2.36. The van der Waals surface area contributed by atoms with Gasteiger partial charge >= 0.3 is 0 Å². The third-order valence-corrected chi connectivity index (χ3v) is 4.18. The maximum atomic E-state index is 13.1. The summed E-state index contributed by atoms with van der Waals surface area (Å²) in [5.41, 5.74) is 6.47. The number of rotatable bonds is 2. The highest BCUT2D eigenvalue weighted by molar-refractivity contribution is 9.10. The van der Waals surface area contributed by atoms with E-state index in [1.165, 1.54) is 12.1 Å². The van der Waals surface area contributed by atoms with Crippen molar-refractivity contribution in [1.82, 2.24) is 10.1 Å². The van der Waals surface area contributed by atoms with Crippen LogP contribution < -0.4 is 5.73 Å². The van der Waals surface area contributed by atoms with Gasteiger partial charge in [-0.05, 0) is 47.0 Å². The van der Waals surface area contributed by atoms with Gasteiger partial charge in [0.25, 0.3) is 5.89 Å². The first kappa shape index (κ1) is 15.4.